The van der Waals surface area contributed by atoms with Gasteiger partial charge in [0.1, 0.15) is 0 Å². The summed E-state index contributed by atoms with van der Waals surface area (Å²) in [5.74, 6) is 0.507. The summed E-state index contributed by atoms with van der Waals surface area (Å²) in [6.45, 7) is 5.98. The fourth-order valence-corrected chi connectivity index (χ4v) is 1.72. The molecule has 0 aliphatic rings. The Morgan fingerprint density at radius 1 is 1.53 bits per heavy atom. The summed E-state index contributed by atoms with van der Waals surface area (Å²) in [6.07, 6.45) is 3.94. The van der Waals surface area contributed by atoms with Crippen LogP contribution in [0, 0.1) is 12.8 Å². The quantitative estimate of drug-likeness (QED) is 0.711. The number of rotatable bonds is 6. The second kappa shape index (κ2) is 6.27. The summed E-state index contributed by atoms with van der Waals surface area (Å²) in [5.41, 5.74) is 7.08. The van der Waals surface area contributed by atoms with Crippen molar-refractivity contribution in [2.75, 3.05) is 11.1 Å². The van der Waals surface area contributed by atoms with E-state index in [1.807, 2.05) is 13.8 Å². The third-order valence-corrected chi connectivity index (χ3v) is 3.01. The second-order valence-corrected chi connectivity index (χ2v) is 4.35. The summed E-state index contributed by atoms with van der Waals surface area (Å²) in [4.78, 5) is 12.0. The fourth-order valence-electron chi connectivity index (χ4n) is 1.72. The van der Waals surface area contributed by atoms with Crippen molar-refractivity contribution in [3.63, 3.8) is 0 Å². The Morgan fingerprint density at radius 3 is 2.71 bits per heavy atom. The first-order chi connectivity index (χ1) is 8.10. The van der Waals surface area contributed by atoms with Gasteiger partial charge in [0.2, 0.25) is 5.91 Å². The maximum absolute atomic E-state index is 12.0. The van der Waals surface area contributed by atoms with Gasteiger partial charge in [-0.2, -0.15) is 5.10 Å². The van der Waals surface area contributed by atoms with Crippen molar-refractivity contribution in [2.24, 2.45) is 5.92 Å². The van der Waals surface area contributed by atoms with Gasteiger partial charge in [-0.1, -0.05) is 26.7 Å². The number of carbonyl (C=O) groups excluding carboxylic acids is 1. The Bertz CT molecular complexity index is 373. The van der Waals surface area contributed by atoms with Gasteiger partial charge in [0.25, 0.3) is 0 Å². The Hall–Kier alpha value is -1.52. The van der Waals surface area contributed by atoms with Gasteiger partial charge >= 0.3 is 0 Å². The van der Waals surface area contributed by atoms with Crippen LogP contribution in [-0.2, 0) is 4.79 Å². The third-order valence-electron chi connectivity index (χ3n) is 3.01. The van der Waals surface area contributed by atoms with E-state index in [9.17, 15) is 4.79 Å². The third kappa shape index (κ3) is 3.47. The van der Waals surface area contributed by atoms with Gasteiger partial charge in [0, 0.05) is 5.92 Å². The number of carbonyl (C=O) groups is 1. The molecule has 1 aromatic rings. The number of hydrogen-bond donors (Lipinski definition) is 3. The van der Waals surface area contributed by atoms with Gasteiger partial charge in [0.15, 0.2) is 5.82 Å². The van der Waals surface area contributed by atoms with E-state index in [1.165, 1.54) is 0 Å². The van der Waals surface area contributed by atoms with Crippen molar-refractivity contribution in [3.8, 4) is 0 Å². The smallest absolute Gasteiger partial charge is 0.228 e. The first kappa shape index (κ1) is 13.5. The highest BCUT2D eigenvalue weighted by molar-refractivity contribution is 5.94. The molecule has 0 saturated heterocycles. The molecule has 0 bridgehead atoms. The van der Waals surface area contributed by atoms with Crippen molar-refractivity contribution < 1.29 is 4.79 Å². The Morgan fingerprint density at radius 2 is 2.24 bits per heavy atom. The number of nitrogens with two attached hydrogens (primary N) is 1. The maximum atomic E-state index is 12.0. The van der Waals surface area contributed by atoms with Gasteiger partial charge in [0.05, 0.1) is 11.4 Å². The SMILES string of the molecule is CCCCC(CC)C(=O)Nc1n[nH]c(C)c1N. The molecular weight excluding hydrogens is 216 g/mol. The van der Waals surface area contributed by atoms with E-state index in [0.717, 1.165) is 31.4 Å². The lowest BCUT2D eigenvalue weighted by molar-refractivity contribution is -0.120. The van der Waals surface area contributed by atoms with Crippen LogP contribution in [0.4, 0.5) is 11.5 Å². The van der Waals surface area contributed by atoms with Crippen LogP contribution in [0.15, 0.2) is 0 Å². The summed E-state index contributed by atoms with van der Waals surface area (Å²) in [5, 5.41) is 9.51. The van der Waals surface area contributed by atoms with Crippen LogP contribution < -0.4 is 11.1 Å². The van der Waals surface area contributed by atoms with Crippen LogP contribution in [-0.4, -0.2) is 16.1 Å². The van der Waals surface area contributed by atoms with Crippen molar-refractivity contribution in [1.82, 2.24) is 10.2 Å². The molecule has 0 aliphatic heterocycles. The number of anilines is 2. The van der Waals surface area contributed by atoms with E-state index in [2.05, 4.69) is 22.4 Å². The number of nitrogens with one attached hydrogen (secondary N) is 2. The Balaban J connectivity index is 2.60. The lowest BCUT2D eigenvalue weighted by atomic mass is 9.98. The molecule has 0 aliphatic carbocycles. The van der Waals surface area contributed by atoms with E-state index in [0.29, 0.717) is 11.5 Å². The van der Waals surface area contributed by atoms with Gasteiger partial charge in [-0.25, -0.2) is 0 Å². The molecule has 96 valence electrons. The van der Waals surface area contributed by atoms with Crippen molar-refractivity contribution in [3.05, 3.63) is 5.69 Å². The maximum Gasteiger partial charge on any atom is 0.228 e. The molecule has 1 atom stereocenters. The number of nitrogen functional groups attached to an aromatic ring is 1. The van der Waals surface area contributed by atoms with E-state index < -0.39 is 0 Å². The number of unbranched alkanes of at least 4 members (excludes halogenated alkanes) is 1. The molecule has 1 aromatic heterocycles. The predicted molar refractivity (Wildman–Crippen MR) is 69.7 cm³/mol. The van der Waals surface area contributed by atoms with Gasteiger partial charge in [-0.05, 0) is 19.8 Å². The summed E-state index contributed by atoms with van der Waals surface area (Å²) < 4.78 is 0. The number of aromatic nitrogens is 2. The molecule has 5 nitrogen and oxygen atoms in total. The lowest BCUT2D eigenvalue weighted by Crippen LogP contribution is -2.23. The number of nitrogens with zero attached hydrogens (tertiary/aromatic N) is 1. The zero-order valence-corrected chi connectivity index (χ0v) is 10.8. The minimum Gasteiger partial charge on any atom is -0.394 e. The average Bonchev–Trinajstić information content (AvgIpc) is 2.62. The van der Waals surface area contributed by atoms with Crippen molar-refractivity contribution in [2.45, 2.75) is 46.5 Å². The number of aromatic amines is 1. The molecule has 1 rings (SSSR count). The first-order valence-electron chi connectivity index (χ1n) is 6.21. The van der Waals surface area contributed by atoms with E-state index in [4.69, 9.17) is 5.73 Å². The van der Waals surface area contributed by atoms with Gasteiger partial charge in [-0.15, -0.1) is 0 Å². The summed E-state index contributed by atoms with van der Waals surface area (Å²) in [6, 6.07) is 0. The molecule has 0 radical (unpaired) electrons. The number of H-pyrrole nitrogens is 1. The topological polar surface area (TPSA) is 83.8 Å². The lowest BCUT2D eigenvalue weighted by Gasteiger charge is -2.13. The molecule has 17 heavy (non-hydrogen) atoms. The van der Waals surface area contributed by atoms with Gasteiger partial charge < -0.3 is 11.1 Å². The van der Waals surface area contributed by atoms with Crippen LogP contribution >= 0.6 is 0 Å². The molecule has 0 saturated carbocycles. The standard InChI is InChI=1S/C12H22N4O/c1-4-6-7-9(5-2)12(17)14-11-10(13)8(3)15-16-11/h9H,4-7,13H2,1-3H3,(H2,14,15,16,17). The van der Waals surface area contributed by atoms with Crippen molar-refractivity contribution >= 4 is 17.4 Å². The average molecular weight is 238 g/mol. The second-order valence-electron chi connectivity index (χ2n) is 4.35. The highest BCUT2D eigenvalue weighted by Crippen LogP contribution is 2.20. The molecule has 0 spiro atoms. The molecule has 5 heteroatoms. The zero-order valence-electron chi connectivity index (χ0n) is 10.8. The summed E-state index contributed by atoms with van der Waals surface area (Å²) >= 11 is 0. The number of amides is 1. The van der Waals surface area contributed by atoms with Crippen molar-refractivity contribution in [1.29, 1.82) is 0 Å². The normalized spacial score (nSPS) is 12.4. The Labute approximate surface area is 102 Å². The monoisotopic (exact) mass is 238 g/mol. The predicted octanol–water partition coefficient (Wildman–Crippen LogP) is 2.46. The van der Waals surface area contributed by atoms with E-state index in [1.54, 1.807) is 0 Å². The fraction of sp³-hybridized carbons (Fsp3) is 0.667. The van der Waals surface area contributed by atoms with Crippen LogP contribution in [0.3, 0.4) is 0 Å². The van der Waals surface area contributed by atoms with Crippen LogP contribution in [0.2, 0.25) is 0 Å². The molecular formula is C12H22N4O. The molecule has 1 amide bonds. The zero-order chi connectivity index (χ0) is 12.8. The molecule has 1 unspecified atom stereocenters. The first-order valence-corrected chi connectivity index (χ1v) is 6.21. The highest BCUT2D eigenvalue weighted by atomic mass is 16.1. The van der Waals surface area contributed by atoms with Crippen LogP contribution in [0.5, 0.6) is 0 Å². The highest BCUT2D eigenvalue weighted by Gasteiger charge is 2.18. The minimum absolute atomic E-state index is 0.0131. The number of aryl methyl sites for hydroxylation is 1. The van der Waals surface area contributed by atoms with Gasteiger partial charge in [-0.3, -0.25) is 9.89 Å². The van der Waals surface area contributed by atoms with E-state index in [-0.39, 0.29) is 11.8 Å². The summed E-state index contributed by atoms with van der Waals surface area (Å²) in [7, 11) is 0. The minimum atomic E-state index is 0.0131. The van der Waals surface area contributed by atoms with Crippen LogP contribution in [0.25, 0.3) is 0 Å². The molecule has 4 N–H and O–H groups in total. The Kier molecular flexibility index (Phi) is 5.00. The van der Waals surface area contributed by atoms with Crippen LogP contribution in [0.1, 0.15) is 45.2 Å². The number of hydrogen-bond acceptors (Lipinski definition) is 3. The molecule has 1 heterocycles. The molecule has 0 fully saturated rings. The van der Waals surface area contributed by atoms with E-state index >= 15 is 0 Å². The molecule has 0 aromatic carbocycles. The largest absolute Gasteiger partial charge is 0.394 e.